The van der Waals surface area contributed by atoms with Crippen molar-refractivity contribution in [1.29, 1.82) is 5.26 Å². The minimum absolute atomic E-state index is 0.0250. The van der Waals surface area contributed by atoms with Crippen LogP contribution in [0.2, 0.25) is 5.02 Å². The second-order valence-electron chi connectivity index (χ2n) is 4.54. The number of hydrogen-bond acceptors (Lipinski definition) is 3. The Morgan fingerprint density at radius 2 is 2.14 bits per heavy atom. The molecule has 2 rings (SSSR count). The topological polar surface area (TPSA) is 53.2 Å². The maximum absolute atomic E-state index is 13.9. The van der Waals surface area contributed by atoms with Crippen LogP contribution in [0.4, 0.5) is 4.39 Å². The first-order valence-corrected chi connectivity index (χ1v) is 6.68. The minimum atomic E-state index is -0.756. The van der Waals surface area contributed by atoms with E-state index in [-0.39, 0.29) is 17.7 Å². The highest BCUT2D eigenvalue weighted by Crippen LogP contribution is 2.29. The molecule has 0 aliphatic rings. The summed E-state index contributed by atoms with van der Waals surface area (Å²) in [6.45, 7) is 1.55. The number of nitrogens with zero attached hydrogens (tertiary/aromatic N) is 1. The highest BCUT2D eigenvalue weighted by Gasteiger charge is 2.12. The predicted molar refractivity (Wildman–Crippen MR) is 77.5 cm³/mol. The summed E-state index contributed by atoms with van der Waals surface area (Å²) in [6, 6.07) is 11.2. The predicted octanol–water partition coefficient (Wildman–Crippen LogP) is 3.98. The number of rotatable bonds is 4. The van der Waals surface area contributed by atoms with Gasteiger partial charge in [-0.2, -0.15) is 5.26 Å². The molecule has 3 nitrogen and oxygen atoms in total. The van der Waals surface area contributed by atoms with E-state index in [9.17, 15) is 9.50 Å². The molecule has 0 fully saturated rings. The number of hydrogen-bond donors (Lipinski definition) is 1. The Hall–Kier alpha value is -2.09. The highest BCUT2D eigenvalue weighted by molar-refractivity contribution is 6.30. The van der Waals surface area contributed by atoms with Crippen LogP contribution < -0.4 is 4.74 Å². The fourth-order valence-electron chi connectivity index (χ4n) is 1.91. The molecule has 0 unspecified atom stereocenters. The Morgan fingerprint density at radius 3 is 2.81 bits per heavy atom. The fourth-order valence-corrected chi connectivity index (χ4v) is 2.09. The number of nitriles is 1. The molecular weight excluding hydrogens is 293 g/mol. The smallest absolute Gasteiger partial charge is 0.147 e. The molecule has 0 saturated heterocycles. The van der Waals surface area contributed by atoms with Crippen LogP contribution in [0.1, 0.15) is 29.7 Å². The lowest BCUT2D eigenvalue weighted by atomic mass is 10.1. The van der Waals surface area contributed by atoms with Gasteiger partial charge in [-0.05, 0) is 31.2 Å². The van der Waals surface area contributed by atoms with Gasteiger partial charge in [0, 0.05) is 16.1 Å². The van der Waals surface area contributed by atoms with Crippen LogP contribution in [0.3, 0.4) is 0 Å². The standard InChI is InChI=1S/C16H13ClFNO2/c1-10(20)14-7-13(17)5-6-15(14)21-9-12-4-2-3-11(8-19)16(12)18/h2-7,10,20H,9H2,1H3/t10-/m1/s1. The van der Waals surface area contributed by atoms with Gasteiger partial charge in [-0.15, -0.1) is 0 Å². The van der Waals surface area contributed by atoms with Crippen molar-refractivity contribution < 1.29 is 14.2 Å². The lowest BCUT2D eigenvalue weighted by molar-refractivity contribution is 0.190. The molecule has 0 aromatic heterocycles. The summed E-state index contributed by atoms with van der Waals surface area (Å²) in [7, 11) is 0. The summed E-state index contributed by atoms with van der Waals surface area (Å²) in [5.74, 6) is -0.163. The van der Waals surface area contributed by atoms with Gasteiger partial charge in [0.1, 0.15) is 24.2 Å². The van der Waals surface area contributed by atoms with Crippen LogP contribution in [-0.2, 0) is 6.61 Å². The largest absolute Gasteiger partial charge is 0.488 e. The first-order valence-electron chi connectivity index (χ1n) is 6.30. The Kier molecular flexibility index (Phi) is 4.79. The molecule has 108 valence electrons. The SMILES string of the molecule is C[C@@H](O)c1cc(Cl)ccc1OCc1cccc(C#N)c1F. The normalized spacial score (nSPS) is 11.8. The van der Waals surface area contributed by atoms with Gasteiger partial charge in [0.05, 0.1) is 11.7 Å². The third kappa shape index (κ3) is 3.52. The van der Waals surface area contributed by atoms with Crippen molar-refractivity contribution in [2.24, 2.45) is 0 Å². The quantitative estimate of drug-likeness (QED) is 0.929. The van der Waals surface area contributed by atoms with Crippen LogP contribution in [0, 0.1) is 17.1 Å². The van der Waals surface area contributed by atoms with Crippen molar-refractivity contribution in [2.75, 3.05) is 0 Å². The van der Waals surface area contributed by atoms with E-state index in [1.54, 1.807) is 43.3 Å². The number of aliphatic hydroxyl groups excluding tert-OH is 1. The summed E-state index contributed by atoms with van der Waals surface area (Å²) in [4.78, 5) is 0. The third-order valence-electron chi connectivity index (χ3n) is 3.00. The monoisotopic (exact) mass is 305 g/mol. The zero-order valence-corrected chi connectivity index (χ0v) is 12.1. The van der Waals surface area contributed by atoms with E-state index in [1.165, 1.54) is 6.07 Å². The van der Waals surface area contributed by atoms with Crippen molar-refractivity contribution >= 4 is 11.6 Å². The molecule has 2 aromatic carbocycles. The van der Waals surface area contributed by atoms with Crippen LogP contribution in [0.5, 0.6) is 5.75 Å². The molecule has 21 heavy (non-hydrogen) atoms. The van der Waals surface area contributed by atoms with Crippen LogP contribution in [0.15, 0.2) is 36.4 Å². The number of benzene rings is 2. The Labute approximate surface area is 127 Å². The van der Waals surface area contributed by atoms with E-state index in [0.717, 1.165) is 0 Å². The van der Waals surface area contributed by atoms with Gasteiger partial charge < -0.3 is 9.84 Å². The molecule has 0 aliphatic carbocycles. The van der Waals surface area contributed by atoms with Gasteiger partial charge in [0.15, 0.2) is 0 Å². The number of halogens is 2. The first kappa shape index (κ1) is 15.3. The maximum atomic E-state index is 13.9. The van der Waals surface area contributed by atoms with E-state index in [1.807, 2.05) is 0 Å². The lowest BCUT2D eigenvalue weighted by Crippen LogP contribution is -2.03. The zero-order chi connectivity index (χ0) is 15.4. The Balaban J connectivity index is 2.23. The van der Waals surface area contributed by atoms with Gasteiger partial charge in [-0.3, -0.25) is 0 Å². The molecule has 5 heteroatoms. The van der Waals surface area contributed by atoms with E-state index in [0.29, 0.717) is 16.3 Å². The van der Waals surface area contributed by atoms with Crippen LogP contribution >= 0.6 is 11.6 Å². The highest BCUT2D eigenvalue weighted by atomic mass is 35.5. The second-order valence-corrected chi connectivity index (χ2v) is 4.97. The molecule has 0 bridgehead atoms. The number of aliphatic hydroxyl groups is 1. The van der Waals surface area contributed by atoms with E-state index in [2.05, 4.69) is 0 Å². The van der Waals surface area contributed by atoms with Gasteiger partial charge in [-0.1, -0.05) is 23.7 Å². The van der Waals surface area contributed by atoms with Crippen LogP contribution in [-0.4, -0.2) is 5.11 Å². The average molecular weight is 306 g/mol. The molecule has 0 saturated carbocycles. The molecule has 1 N–H and O–H groups in total. The van der Waals surface area contributed by atoms with Crippen LogP contribution in [0.25, 0.3) is 0 Å². The summed E-state index contributed by atoms with van der Waals surface area (Å²) in [6.07, 6.45) is -0.756. The summed E-state index contributed by atoms with van der Waals surface area (Å²) in [5.41, 5.74) is 0.780. The van der Waals surface area contributed by atoms with Gasteiger partial charge in [-0.25, -0.2) is 4.39 Å². The first-order chi connectivity index (χ1) is 10.0. The summed E-state index contributed by atoms with van der Waals surface area (Å²) >= 11 is 5.88. The molecule has 1 atom stereocenters. The fraction of sp³-hybridized carbons (Fsp3) is 0.188. The minimum Gasteiger partial charge on any atom is -0.488 e. The number of ether oxygens (including phenoxy) is 1. The van der Waals surface area contributed by atoms with E-state index >= 15 is 0 Å². The third-order valence-corrected chi connectivity index (χ3v) is 3.24. The molecule has 0 amide bonds. The Bertz CT molecular complexity index is 695. The molecule has 0 spiro atoms. The zero-order valence-electron chi connectivity index (χ0n) is 11.3. The molecular formula is C16H13ClFNO2. The van der Waals surface area contributed by atoms with Crippen molar-refractivity contribution in [2.45, 2.75) is 19.6 Å². The van der Waals surface area contributed by atoms with Crippen molar-refractivity contribution in [3.05, 3.63) is 63.9 Å². The van der Waals surface area contributed by atoms with Gasteiger partial charge in [0.25, 0.3) is 0 Å². The molecule has 0 heterocycles. The van der Waals surface area contributed by atoms with E-state index < -0.39 is 11.9 Å². The average Bonchev–Trinajstić information content (AvgIpc) is 2.47. The van der Waals surface area contributed by atoms with Gasteiger partial charge in [0.2, 0.25) is 0 Å². The van der Waals surface area contributed by atoms with Crippen molar-refractivity contribution in [1.82, 2.24) is 0 Å². The summed E-state index contributed by atoms with van der Waals surface area (Å²) in [5, 5.41) is 19.0. The molecule has 0 radical (unpaired) electrons. The molecule has 2 aromatic rings. The summed E-state index contributed by atoms with van der Waals surface area (Å²) < 4.78 is 19.5. The molecule has 0 aliphatic heterocycles. The van der Waals surface area contributed by atoms with Crippen molar-refractivity contribution in [3.8, 4) is 11.8 Å². The second kappa shape index (κ2) is 6.57. The van der Waals surface area contributed by atoms with Gasteiger partial charge >= 0.3 is 0 Å². The lowest BCUT2D eigenvalue weighted by Gasteiger charge is -2.14. The van der Waals surface area contributed by atoms with E-state index in [4.69, 9.17) is 21.6 Å². The Morgan fingerprint density at radius 1 is 1.38 bits per heavy atom. The van der Waals surface area contributed by atoms with Crippen molar-refractivity contribution in [3.63, 3.8) is 0 Å². The maximum Gasteiger partial charge on any atom is 0.147 e.